The molecule has 0 saturated carbocycles. The minimum Gasteiger partial charge on any atom is -0.478 e. The SMILES string of the molecule is CCOCCOCC#Cc1cc(C(=O)O)ccc1C(C)(C)c1ccc(C(=O)O)cc1C#CCOCCOCC. The Bertz CT molecular complexity index is 1150. The molecular formula is C31H36O8. The first-order valence-electron chi connectivity index (χ1n) is 12.8. The molecule has 0 heterocycles. The van der Waals surface area contributed by atoms with Gasteiger partial charge in [0.2, 0.25) is 0 Å². The number of carboxylic acids is 2. The Morgan fingerprint density at radius 3 is 1.44 bits per heavy atom. The topological polar surface area (TPSA) is 112 Å². The third-order valence-corrected chi connectivity index (χ3v) is 5.83. The smallest absolute Gasteiger partial charge is 0.335 e. The van der Waals surface area contributed by atoms with E-state index in [0.717, 1.165) is 11.1 Å². The summed E-state index contributed by atoms with van der Waals surface area (Å²) in [5, 5.41) is 19.1. The van der Waals surface area contributed by atoms with Gasteiger partial charge in [-0.3, -0.25) is 0 Å². The number of carbonyl (C=O) groups is 2. The molecule has 8 nitrogen and oxygen atoms in total. The summed E-state index contributed by atoms with van der Waals surface area (Å²) in [6, 6.07) is 9.62. The lowest BCUT2D eigenvalue weighted by molar-refractivity contribution is 0.0662. The zero-order valence-corrected chi connectivity index (χ0v) is 23.0. The van der Waals surface area contributed by atoms with Crippen molar-refractivity contribution < 1.29 is 38.7 Å². The van der Waals surface area contributed by atoms with Gasteiger partial charge in [-0.05, 0) is 49.2 Å². The highest BCUT2D eigenvalue weighted by Crippen LogP contribution is 2.36. The molecule has 0 saturated heterocycles. The van der Waals surface area contributed by atoms with Crippen molar-refractivity contribution in [3.63, 3.8) is 0 Å². The molecule has 0 bridgehead atoms. The summed E-state index contributed by atoms with van der Waals surface area (Å²) < 4.78 is 21.4. The first-order valence-corrected chi connectivity index (χ1v) is 12.8. The molecular weight excluding hydrogens is 500 g/mol. The molecule has 8 heteroatoms. The molecule has 208 valence electrons. The van der Waals surface area contributed by atoms with Gasteiger partial charge in [-0.1, -0.05) is 49.7 Å². The fourth-order valence-electron chi connectivity index (χ4n) is 3.83. The van der Waals surface area contributed by atoms with E-state index < -0.39 is 17.4 Å². The van der Waals surface area contributed by atoms with Crippen molar-refractivity contribution in [2.75, 3.05) is 52.9 Å². The zero-order chi connectivity index (χ0) is 28.7. The highest BCUT2D eigenvalue weighted by molar-refractivity contribution is 5.89. The molecule has 0 aliphatic heterocycles. The Morgan fingerprint density at radius 1 is 0.692 bits per heavy atom. The number of carboxylic acid groups (broad SMARTS) is 2. The van der Waals surface area contributed by atoms with Gasteiger partial charge in [-0.15, -0.1) is 0 Å². The monoisotopic (exact) mass is 536 g/mol. The van der Waals surface area contributed by atoms with Gasteiger partial charge >= 0.3 is 11.9 Å². The van der Waals surface area contributed by atoms with Gasteiger partial charge in [-0.2, -0.15) is 0 Å². The molecule has 39 heavy (non-hydrogen) atoms. The third-order valence-electron chi connectivity index (χ3n) is 5.83. The second-order valence-corrected chi connectivity index (χ2v) is 8.86. The Morgan fingerprint density at radius 2 is 1.08 bits per heavy atom. The Hall–Kier alpha value is -3.66. The van der Waals surface area contributed by atoms with E-state index in [2.05, 4.69) is 23.7 Å². The second kappa shape index (κ2) is 16.3. The van der Waals surface area contributed by atoms with Gasteiger partial charge < -0.3 is 29.2 Å². The van der Waals surface area contributed by atoms with Crippen LogP contribution < -0.4 is 0 Å². The van der Waals surface area contributed by atoms with Crippen LogP contribution in [0.25, 0.3) is 0 Å². The lowest BCUT2D eigenvalue weighted by Crippen LogP contribution is -2.23. The van der Waals surface area contributed by atoms with Crippen molar-refractivity contribution >= 4 is 11.9 Å². The number of aromatic carboxylic acids is 2. The fourth-order valence-corrected chi connectivity index (χ4v) is 3.83. The summed E-state index contributed by atoms with van der Waals surface area (Å²) >= 11 is 0. The van der Waals surface area contributed by atoms with Crippen molar-refractivity contribution in [1.82, 2.24) is 0 Å². The minimum atomic E-state index is -1.06. The van der Waals surface area contributed by atoms with Crippen molar-refractivity contribution in [3.8, 4) is 23.7 Å². The van der Waals surface area contributed by atoms with E-state index in [-0.39, 0.29) is 24.3 Å². The van der Waals surface area contributed by atoms with Crippen molar-refractivity contribution in [2.24, 2.45) is 0 Å². The number of ether oxygens (including phenoxy) is 4. The highest BCUT2D eigenvalue weighted by Gasteiger charge is 2.29. The van der Waals surface area contributed by atoms with E-state index >= 15 is 0 Å². The van der Waals surface area contributed by atoms with Gasteiger partial charge in [-0.25, -0.2) is 9.59 Å². The minimum absolute atomic E-state index is 0.113. The maximum Gasteiger partial charge on any atom is 0.335 e. The molecule has 0 amide bonds. The van der Waals surface area contributed by atoms with Gasteiger partial charge in [0.15, 0.2) is 0 Å². The maximum absolute atomic E-state index is 11.7. The van der Waals surface area contributed by atoms with Gasteiger partial charge in [0.1, 0.15) is 13.2 Å². The van der Waals surface area contributed by atoms with Crippen LogP contribution in [-0.4, -0.2) is 75.0 Å². The maximum atomic E-state index is 11.7. The first-order chi connectivity index (χ1) is 18.7. The van der Waals surface area contributed by atoms with E-state index in [1.54, 1.807) is 12.1 Å². The molecule has 0 spiro atoms. The van der Waals surface area contributed by atoms with E-state index in [1.165, 1.54) is 24.3 Å². The van der Waals surface area contributed by atoms with Crippen LogP contribution in [0.2, 0.25) is 0 Å². The zero-order valence-electron chi connectivity index (χ0n) is 23.0. The summed E-state index contributed by atoms with van der Waals surface area (Å²) in [6.45, 7) is 11.0. The molecule has 0 unspecified atom stereocenters. The predicted octanol–water partition coefficient (Wildman–Crippen LogP) is 4.22. The van der Waals surface area contributed by atoms with E-state index in [4.69, 9.17) is 18.9 Å². The van der Waals surface area contributed by atoms with Crippen LogP contribution in [0.15, 0.2) is 36.4 Å². The van der Waals surface area contributed by atoms with Crippen LogP contribution in [0.1, 0.15) is 70.7 Å². The molecule has 0 aromatic heterocycles. The first kappa shape index (κ1) is 31.6. The normalized spacial score (nSPS) is 10.8. The lowest BCUT2D eigenvalue weighted by Gasteiger charge is -2.29. The van der Waals surface area contributed by atoms with Crippen LogP contribution in [-0.2, 0) is 24.4 Å². The van der Waals surface area contributed by atoms with E-state index in [1.807, 2.05) is 27.7 Å². The van der Waals surface area contributed by atoms with Gasteiger partial charge in [0.25, 0.3) is 0 Å². The van der Waals surface area contributed by atoms with E-state index in [0.29, 0.717) is 50.8 Å². The molecule has 0 aliphatic rings. The number of rotatable bonds is 14. The number of benzene rings is 2. The number of hydrogen-bond acceptors (Lipinski definition) is 6. The summed E-state index contributed by atoms with van der Waals surface area (Å²) in [6.07, 6.45) is 0. The molecule has 2 N–H and O–H groups in total. The molecule has 0 atom stereocenters. The van der Waals surface area contributed by atoms with Crippen LogP contribution in [0.5, 0.6) is 0 Å². The highest BCUT2D eigenvalue weighted by atomic mass is 16.5. The molecule has 0 aliphatic carbocycles. The van der Waals surface area contributed by atoms with Gasteiger partial charge in [0, 0.05) is 29.8 Å². The molecule has 2 aromatic carbocycles. The Kier molecular flexibility index (Phi) is 13.2. The van der Waals surface area contributed by atoms with Crippen LogP contribution in [0, 0.1) is 23.7 Å². The molecule has 0 fully saturated rings. The Labute approximate surface area is 230 Å². The average molecular weight is 537 g/mol. The predicted molar refractivity (Wildman–Crippen MR) is 147 cm³/mol. The van der Waals surface area contributed by atoms with Crippen LogP contribution >= 0.6 is 0 Å². The number of hydrogen-bond donors (Lipinski definition) is 2. The van der Waals surface area contributed by atoms with Crippen LogP contribution in [0.4, 0.5) is 0 Å². The average Bonchev–Trinajstić information content (AvgIpc) is 2.91. The van der Waals surface area contributed by atoms with E-state index in [9.17, 15) is 19.8 Å². The molecule has 2 rings (SSSR count). The summed E-state index contributed by atoms with van der Waals surface area (Å²) in [7, 11) is 0. The molecule has 0 radical (unpaired) electrons. The fraction of sp³-hybridized carbons (Fsp3) is 0.419. The summed E-state index contributed by atoms with van der Waals surface area (Å²) in [5.74, 6) is 9.92. The third kappa shape index (κ3) is 9.86. The summed E-state index contributed by atoms with van der Waals surface area (Å²) in [4.78, 5) is 23.3. The van der Waals surface area contributed by atoms with Crippen molar-refractivity contribution in [3.05, 3.63) is 69.8 Å². The largest absolute Gasteiger partial charge is 0.478 e. The van der Waals surface area contributed by atoms with Crippen molar-refractivity contribution in [1.29, 1.82) is 0 Å². The Balaban J connectivity index is 2.44. The second-order valence-electron chi connectivity index (χ2n) is 8.86. The standard InChI is InChI=1S/C31H36O8/c1-5-36-17-19-38-15-7-9-23-21-25(29(32)33)11-13-27(23)31(3,4)28-14-12-26(30(34)35)22-24(28)10-8-16-39-20-18-37-6-2/h11-14,21-22H,5-6,15-20H2,1-4H3,(H,32,33)(H,34,35). The molecule has 2 aromatic rings. The summed E-state index contributed by atoms with van der Waals surface area (Å²) in [5.41, 5.74) is 2.14. The van der Waals surface area contributed by atoms with Crippen LogP contribution in [0.3, 0.4) is 0 Å². The van der Waals surface area contributed by atoms with Crippen molar-refractivity contribution in [2.45, 2.75) is 33.1 Å². The lowest BCUT2D eigenvalue weighted by atomic mass is 9.73. The van der Waals surface area contributed by atoms with Gasteiger partial charge in [0.05, 0.1) is 37.6 Å². The quantitative estimate of drug-likeness (QED) is 0.273.